The van der Waals surface area contributed by atoms with Gasteiger partial charge in [0.15, 0.2) is 0 Å². The Morgan fingerprint density at radius 2 is 2.26 bits per heavy atom. The second-order valence-corrected chi connectivity index (χ2v) is 5.80. The maximum Gasteiger partial charge on any atom is 0.341 e. The van der Waals surface area contributed by atoms with Crippen molar-refractivity contribution in [3.63, 3.8) is 0 Å². The van der Waals surface area contributed by atoms with Crippen LogP contribution in [0.5, 0.6) is 0 Å². The molecule has 0 N–H and O–H groups in total. The molecular weight excluding hydrogens is 267 g/mol. The summed E-state index contributed by atoms with van der Waals surface area (Å²) >= 11 is 5.75. The van der Waals surface area contributed by atoms with Crippen molar-refractivity contribution in [3.05, 3.63) is 34.6 Å². The van der Waals surface area contributed by atoms with Crippen LogP contribution in [0.4, 0.5) is 4.39 Å². The van der Waals surface area contributed by atoms with Crippen LogP contribution in [0.25, 0.3) is 0 Å². The molecule has 0 bridgehead atoms. The Hall–Kier alpha value is -1.09. The van der Waals surface area contributed by atoms with Crippen molar-refractivity contribution in [1.29, 1.82) is 0 Å². The molecule has 2 unspecified atom stereocenters. The quantitative estimate of drug-likeness (QED) is 0.766. The lowest BCUT2D eigenvalue weighted by atomic mass is 9.83. The Morgan fingerprint density at radius 1 is 1.47 bits per heavy atom. The lowest BCUT2D eigenvalue weighted by Gasteiger charge is -2.26. The summed E-state index contributed by atoms with van der Waals surface area (Å²) in [6, 6.07) is 3.90. The second-order valence-electron chi connectivity index (χ2n) is 5.36. The molecule has 0 aromatic heterocycles. The second kappa shape index (κ2) is 6.38. The van der Waals surface area contributed by atoms with E-state index >= 15 is 0 Å². The van der Waals surface area contributed by atoms with Gasteiger partial charge in [0, 0.05) is 5.02 Å². The normalized spacial score (nSPS) is 23.1. The Bertz CT molecular complexity index is 461. The lowest BCUT2D eigenvalue weighted by molar-refractivity contribution is 0.0385. The Labute approximate surface area is 117 Å². The first-order chi connectivity index (χ1) is 9.06. The van der Waals surface area contributed by atoms with Gasteiger partial charge in [-0.25, -0.2) is 9.18 Å². The SMILES string of the molecule is CC1CCCC(COC(=O)c2cc(Cl)ccc2F)C1. The molecule has 0 spiro atoms. The molecule has 2 atom stereocenters. The van der Waals surface area contributed by atoms with Crippen LogP contribution in [-0.2, 0) is 4.74 Å². The fourth-order valence-electron chi connectivity index (χ4n) is 2.64. The summed E-state index contributed by atoms with van der Waals surface area (Å²) in [4.78, 5) is 11.8. The summed E-state index contributed by atoms with van der Waals surface area (Å²) < 4.78 is 18.7. The molecule has 4 heteroatoms. The average Bonchev–Trinajstić information content (AvgIpc) is 2.39. The monoisotopic (exact) mass is 284 g/mol. The number of halogens is 2. The van der Waals surface area contributed by atoms with E-state index in [1.807, 2.05) is 0 Å². The van der Waals surface area contributed by atoms with Crippen molar-refractivity contribution >= 4 is 17.6 Å². The van der Waals surface area contributed by atoms with Gasteiger partial charge in [0.25, 0.3) is 0 Å². The third-order valence-corrected chi connectivity index (χ3v) is 3.88. The fourth-order valence-corrected chi connectivity index (χ4v) is 2.81. The number of hydrogen-bond donors (Lipinski definition) is 0. The van der Waals surface area contributed by atoms with Crippen LogP contribution >= 0.6 is 11.6 Å². The highest BCUT2D eigenvalue weighted by atomic mass is 35.5. The Morgan fingerprint density at radius 3 is 3.00 bits per heavy atom. The molecule has 2 rings (SSSR count). The summed E-state index contributed by atoms with van der Waals surface area (Å²) in [5, 5.41) is 0.333. The predicted molar refractivity (Wildman–Crippen MR) is 72.8 cm³/mol. The van der Waals surface area contributed by atoms with Crippen LogP contribution < -0.4 is 0 Å². The van der Waals surface area contributed by atoms with Gasteiger partial charge in [-0.15, -0.1) is 0 Å². The van der Waals surface area contributed by atoms with E-state index in [4.69, 9.17) is 16.3 Å². The molecule has 19 heavy (non-hydrogen) atoms. The number of esters is 1. The van der Waals surface area contributed by atoms with Crippen molar-refractivity contribution in [1.82, 2.24) is 0 Å². The molecule has 1 saturated carbocycles. The zero-order valence-corrected chi connectivity index (χ0v) is 11.8. The summed E-state index contributed by atoms with van der Waals surface area (Å²) in [6.07, 6.45) is 4.57. The fraction of sp³-hybridized carbons (Fsp3) is 0.533. The van der Waals surface area contributed by atoms with Gasteiger partial charge in [-0.05, 0) is 42.9 Å². The highest BCUT2D eigenvalue weighted by Crippen LogP contribution is 2.29. The number of hydrogen-bond acceptors (Lipinski definition) is 2. The van der Waals surface area contributed by atoms with E-state index in [-0.39, 0.29) is 5.56 Å². The summed E-state index contributed by atoms with van der Waals surface area (Å²) in [5.74, 6) is -0.139. The van der Waals surface area contributed by atoms with E-state index in [2.05, 4.69) is 6.92 Å². The topological polar surface area (TPSA) is 26.3 Å². The van der Waals surface area contributed by atoms with Gasteiger partial charge < -0.3 is 4.74 Å². The van der Waals surface area contributed by atoms with Crippen LogP contribution in [0, 0.1) is 17.7 Å². The third kappa shape index (κ3) is 3.93. The zero-order valence-electron chi connectivity index (χ0n) is 11.0. The van der Waals surface area contributed by atoms with E-state index < -0.39 is 11.8 Å². The van der Waals surface area contributed by atoms with Gasteiger partial charge in [-0.3, -0.25) is 0 Å². The highest BCUT2D eigenvalue weighted by Gasteiger charge is 2.21. The molecule has 104 valence electrons. The number of rotatable bonds is 3. The zero-order chi connectivity index (χ0) is 13.8. The van der Waals surface area contributed by atoms with Crippen LogP contribution in [-0.4, -0.2) is 12.6 Å². The molecule has 0 aliphatic heterocycles. The van der Waals surface area contributed by atoms with Crippen molar-refractivity contribution in [2.75, 3.05) is 6.61 Å². The Kier molecular flexibility index (Phi) is 4.81. The van der Waals surface area contributed by atoms with Crippen LogP contribution in [0.1, 0.15) is 43.0 Å². The Balaban J connectivity index is 1.92. The molecule has 2 nitrogen and oxygen atoms in total. The third-order valence-electron chi connectivity index (χ3n) is 3.64. The number of carbonyl (C=O) groups is 1. The highest BCUT2D eigenvalue weighted by molar-refractivity contribution is 6.30. The smallest absolute Gasteiger partial charge is 0.341 e. The van der Waals surface area contributed by atoms with Gasteiger partial charge in [0.1, 0.15) is 5.82 Å². The van der Waals surface area contributed by atoms with Crippen LogP contribution in [0.15, 0.2) is 18.2 Å². The standard InChI is InChI=1S/C15H18ClFO2/c1-10-3-2-4-11(7-10)9-19-15(18)13-8-12(16)5-6-14(13)17/h5-6,8,10-11H,2-4,7,9H2,1H3. The molecule has 1 aromatic carbocycles. The summed E-state index contributed by atoms with van der Waals surface area (Å²) in [6.45, 7) is 2.58. The van der Waals surface area contributed by atoms with Gasteiger partial charge in [0.05, 0.1) is 12.2 Å². The molecular formula is C15H18ClFO2. The number of benzene rings is 1. The number of carbonyl (C=O) groups excluding carboxylic acids is 1. The molecule has 1 aromatic rings. The van der Waals surface area contributed by atoms with E-state index in [9.17, 15) is 9.18 Å². The first-order valence-corrected chi connectivity index (χ1v) is 7.06. The van der Waals surface area contributed by atoms with E-state index in [1.165, 1.54) is 31.0 Å². The van der Waals surface area contributed by atoms with E-state index in [0.29, 0.717) is 23.5 Å². The summed E-state index contributed by atoms with van der Waals surface area (Å²) in [5.41, 5.74) is -0.0867. The van der Waals surface area contributed by atoms with Crippen molar-refractivity contribution in [2.45, 2.75) is 32.6 Å². The molecule has 0 radical (unpaired) electrons. The van der Waals surface area contributed by atoms with Crippen molar-refractivity contribution in [2.24, 2.45) is 11.8 Å². The van der Waals surface area contributed by atoms with Gasteiger partial charge >= 0.3 is 5.97 Å². The maximum absolute atomic E-state index is 13.5. The lowest BCUT2D eigenvalue weighted by Crippen LogP contribution is -2.20. The molecule has 0 heterocycles. The van der Waals surface area contributed by atoms with E-state index in [0.717, 1.165) is 12.8 Å². The maximum atomic E-state index is 13.5. The predicted octanol–water partition coefficient (Wildman–Crippen LogP) is 4.46. The number of ether oxygens (including phenoxy) is 1. The van der Waals surface area contributed by atoms with Gasteiger partial charge in [-0.2, -0.15) is 0 Å². The van der Waals surface area contributed by atoms with Crippen molar-refractivity contribution < 1.29 is 13.9 Å². The van der Waals surface area contributed by atoms with Gasteiger partial charge in [0.2, 0.25) is 0 Å². The minimum Gasteiger partial charge on any atom is -0.462 e. The first kappa shape index (κ1) is 14.3. The molecule has 0 saturated heterocycles. The summed E-state index contributed by atoms with van der Waals surface area (Å²) in [7, 11) is 0. The van der Waals surface area contributed by atoms with Crippen LogP contribution in [0.2, 0.25) is 5.02 Å². The molecule has 1 aliphatic carbocycles. The minimum atomic E-state index is -0.627. The molecule has 0 amide bonds. The molecule has 1 fully saturated rings. The average molecular weight is 285 g/mol. The van der Waals surface area contributed by atoms with E-state index in [1.54, 1.807) is 0 Å². The van der Waals surface area contributed by atoms with Crippen LogP contribution in [0.3, 0.4) is 0 Å². The largest absolute Gasteiger partial charge is 0.462 e. The van der Waals surface area contributed by atoms with Crippen molar-refractivity contribution in [3.8, 4) is 0 Å². The van der Waals surface area contributed by atoms with Gasteiger partial charge in [-0.1, -0.05) is 31.4 Å². The molecule has 1 aliphatic rings. The minimum absolute atomic E-state index is 0.0867. The first-order valence-electron chi connectivity index (χ1n) is 6.68.